The summed E-state index contributed by atoms with van der Waals surface area (Å²) in [5.41, 5.74) is 1.11. The quantitative estimate of drug-likeness (QED) is 0.691. The molecule has 1 rings (SSSR count). The lowest BCUT2D eigenvalue weighted by Gasteiger charge is -2.16. The zero-order valence-corrected chi connectivity index (χ0v) is 12.4. The summed E-state index contributed by atoms with van der Waals surface area (Å²) in [4.78, 5) is 0. The molecule has 0 bridgehead atoms. The fourth-order valence-electron chi connectivity index (χ4n) is 2.08. The van der Waals surface area contributed by atoms with E-state index in [1.54, 1.807) is 7.11 Å². The fraction of sp³-hybridized carbons (Fsp3) is 0.625. The van der Waals surface area contributed by atoms with E-state index in [-0.39, 0.29) is 12.7 Å². The molecule has 0 saturated carbocycles. The van der Waals surface area contributed by atoms with Crippen molar-refractivity contribution in [3.8, 4) is 5.75 Å². The third-order valence-corrected chi connectivity index (χ3v) is 3.20. The standard InChI is InChI=1S/C16H26O4/c1-13(10-15(18)4-3-9-17)11-20-12-14-5-7-16(19-2)8-6-14/h5-8,13,15,17-18H,3-4,9-12H2,1-2H3/t13-,15+/m1/s1. The second-order valence-electron chi connectivity index (χ2n) is 5.22. The van der Waals surface area contributed by atoms with Crippen molar-refractivity contribution < 1.29 is 19.7 Å². The Labute approximate surface area is 121 Å². The first-order valence-corrected chi connectivity index (χ1v) is 7.15. The predicted molar refractivity (Wildman–Crippen MR) is 78.8 cm³/mol. The Morgan fingerprint density at radius 2 is 1.90 bits per heavy atom. The molecule has 114 valence electrons. The monoisotopic (exact) mass is 282 g/mol. The van der Waals surface area contributed by atoms with E-state index in [1.165, 1.54) is 0 Å². The molecule has 0 aliphatic rings. The molecule has 0 aliphatic carbocycles. The molecule has 0 amide bonds. The summed E-state index contributed by atoms with van der Waals surface area (Å²) in [5.74, 6) is 1.15. The molecular formula is C16H26O4. The highest BCUT2D eigenvalue weighted by Gasteiger charge is 2.10. The largest absolute Gasteiger partial charge is 0.497 e. The maximum absolute atomic E-state index is 9.74. The van der Waals surface area contributed by atoms with E-state index in [0.29, 0.717) is 38.4 Å². The molecule has 0 saturated heterocycles. The molecule has 0 unspecified atom stereocenters. The lowest BCUT2D eigenvalue weighted by molar-refractivity contribution is 0.0606. The first kappa shape index (κ1) is 17.0. The summed E-state index contributed by atoms with van der Waals surface area (Å²) in [6.07, 6.45) is 1.67. The SMILES string of the molecule is COc1ccc(COC[C@H](C)C[C@@H](O)CCCO)cc1. The summed E-state index contributed by atoms with van der Waals surface area (Å²) >= 11 is 0. The molecular weight excluding hydrogens is 256 g/mol. The van der Waals surface area contributed by atoms with E-state index in [4.69, 9.17) is 14.6 Å². The van der Waals surface area contributed by atoms with Gasteiger partial charge < -0.3 is 19.7 Å². The lowest BCUT2D eigenvalue weighted by Crippen LogP contribution is -2.16. The van der Waals surface area contributed by atoms with Crippen LogP contribution in [0.4, 0.5) is 0 Å². The van der Waals surface area contributed by atoms with Crippen LogP contribution in [0.3, 0.4) is 0 Å². The maximum Gasteiger partial charge on any atom is 0.118 e. The number of rotatable bonds is 10. The van der Waals surface area contributed by atoms with Crippen LogP contribution in [-0.2, 0) is 11.3 Å². The van der Waals surface area contributed by atoms with E-state index in [2.05, 4.69) is 6.92 Å². The van der Waals surface area contributed by atoms with Gasteiger partial charge in [0.05, 0.1) is 19.8 Å². The van der Waals surface area contributed by atoms with Crippen molar-refractivity contribution in [3.05, 3.63) is 29.8 Å². The van der Waals surface area contributed by atoms with Gasteiger partial charge in [0.1, 0.15) is 5.75 Å². The Hall–Kier alpha value is -1.10. The Morgan fingerprint density at radius 1 is 1.20 bits per heavy atom. The number of methoxy groups -OCH3 is 1. The highest BCUT2D eigenvalue weighted by Crippen LogP contribution is 2.14. The van der Waals surface area contributed by atoms with Gasteiger partial charge in [-0.2, -0.15) is 0 Å². The van der Waals surface area contributed by atoms with Crippen molar-refractivity contribution in [1.82, 2.24) is 0 Å². The van der Waals surface area contributed by atoms with Crippen LogP contribution < -0.4 is 4.74 Å². The van der Waals surface area contributed by atoms with Gasteiger partial charge in [-0.25, -0.2) is 0 Å². The molecule has 2 atom stereocenters. The molecule has 4 heteroatoms. The number of hydrogen-bond donors (Lipinski definition) is 2. The minimum absolute atomic E-state index is 0.138. The molecule has 20 heavy (non-hydrogen) atoms. The van der Waals surface area contributed by atoms with Crippen molar-refractivity contribution in [2.75, 3.05) is 20.3 Å². The summed E-state index contributed by atoms with van der Waals surface area (Å²) in [5, 5.41) is 18.5. The molecule has 0 fully saturated rings. The fourth-order valence-corrected chi connectivity index (χ4v) is 2.08. The van der Waals surface area contributed by atoms with Crippen LogP contribution >= 0.6 is 0 Å². The summed E-state index contributed by atoms with van der Waals surface area (Å²) in [6, 6.07) is 7.81. The Kier molecular flexibility index (Phi) is 8.26. The van der Waals surface area contributed by atoms with Crippen LogP contribution in [0.25, 0.3) is 0 Å². The molecule has 0 spiro atoms. The van der Waals surface area contributed by atoms with E-state index >= 15 is 0 Å². The molecule has 1 aromatic carbocycles. The van der Waals surface area contributed by atoms with Gasteiger partial charge in [-0.1, -0.05) is 19.1 Å². The van der Waals surface area contributed by atoms with Crippen LogP contribution in [0, 0.1) is 5.92 Å². The number of aliphatic hydroxyl groups excluding tert-OH is 2. The van der Waals surface area contributed by atoms with Crippen molar-refractivity contribution in [2.45, 2.75) is 38.9 Å². The zero-order chi connectivity index (χ0) is 14.8. The number of hydrogen-bond acceptors (Lipinski definition) is 4. The van der Waals surface area contributed by atoms with Crippen LogP contribution in [0.2, 0.25) is 0 Å². The molecule has 0 aliphatic heterocycles. The Balaban J connectivity index is 2.18. The topological polar surface area (TPSA) is 58.9 Å². The van der Waals surface area contributed by atoms with E-state index < -0.39 is 0 Å². The predicted octanol–water partition coefficient (Wildman–Crippen LogP) is 2.37. The van der Waals surface area contributed by atoms with Gasteiger partial charge in [0.2, 0.25) is 0 Å². The second kappa shape index (κ2) is 9.75. The van der Waals surface area contributed by atoms with Gasteiger partial charge in [0.15, 0.2) is 0 Å². The molecule has 0 radical (unpaired) electrons. The lowest BCUT2D eigenvalue weighted by atomic mass is 10.0. The third-order valence-electron chi connectivity index (χ3n) is 3.20. The van der Waals surface area contributed by atoms with E-state index in [1.807, 2.05) is 24.3 Å². The van der Waals surface area contributed by atoms with Gasteiger partial charge in [-0.05, 0) is 42.9 Å². The third kappa shape index (κ3) is 6.89. The summed E-state index contributed by atoms with van der Waals surface area (Å²) in [7, 11) is 1.65. The highest BCUT2D eigenvalue weighted by molar-refractivity contribution is 5.26. The first-order valence-electron chi connectivity index (χ1n) is 7.15. The van der Waals surface area contributed by atoms with Gasteiger partial charge >= 0.3 is 0 Å². The van der Waals surface area contributed by atoms with Crippen molar-refractivity contribution in [1.29, 1.82) is 0 Å². The van der Waals surface area contributed by atoms with Gasteiger partial charge in [-0.15, -0.1) is 0 Å². The first-order chi connectivity index (χ1) is 9.65. The van der Waals surface area contributed by atoms with Gasteiger partial charge in [-0.3, -0.25) is 0 Å². The second-order valence-corrected chi connectivity index (χ2v) is 5.22. The van der Waals surface area contributed by atoms with Crippen LogP contribution in [0.15, 0.2) is 24.3 Å². The minimum atomic E-state index is -0.346. The molecule has 1 aromatic rings. The van der Waals surface area contributed by atoms with Crippen molar-refractivity contribution in [3.63, 3.8) is 0 Å². The average Bonchev–Trinajstić information content (AvgIpc) is 2.45. The number of aliphatic hydroxyl groups is 2. The number of ether oxygens (including phenoxy) is 2. The van der Waals surface area contributed by atoms with E-state index in [0.717, 1.165) is 11.3 Å². The van der Waals surface area contributed by atoms with Crippen LogP contribution in [0.1, 0.15) is 31.7 Å². The molecule has 0 aromatic heterocycles. The molecule has 4 nitrogen and oxygen atoms in total. The maximum atomic E-state index is 9.74. The smallest absolute Gasteiger partial charge is 0.118 e. The van der Waals surface area contributed by atoms with Crippen molar-refractivity contribution in [2.24, 2.45) is 5.92 Å². The van der Waals surface area contributed by atoms with Gasteiger partial charge in [0.25, 0.3) is 0 Å². The Bertz CT molecular complexity index is 350. The van der Waals surface area contributed by atoms with Crippen LogP contribution in [-0.4, -0.2) is 36.6 Å². The average molecular weight is 282 g/mol. The highest BCUT2D eigenvalue weighted by atomic mass is 16.5. The number of benzene rings is 1. The van der Waals surface area contributed by atoms with Crippen LogP contribution in [0.5, 0.6) is 5.75 Å². The molecule has 0 heterocycles. The van der Waals surface area contributed by atoms with E-state index in [9.17, 15) is 5.11 Å². The summed E-state index contributed by atoms with van der Waals surface area (Å²) < 4.78 is 10.8. The zero-order valence-electron chi connectivity index (χ0n) is 12.4. The summed E-state index contributed by atoms with van der Waals surface area (Å²) in [6.45, 7) is 3.40. The normalized spacial score (nSPS) is 14.0. The Morgan fingerprint density at radius 3 is 2.50 bits per heavy atom. The molecule has 2 N–H and O–H groups in total. The van der Waals surface area contributed by atoms with Gasteiger partial charge in [0, 0.05) is 13.2 Å². The van der Waals surface area contributed by atoms with Crippen molar-refractivity contribution >= 4 is 0 Å². The minimum Gasteiger partial charge on any atom is -0.497 e.